The second kappa shape index (κ2) is 13.3. The molecule has 1 saturated carbocycles. The van der Waals surface area contributed by atoms with E-state index in [0.717, 1.165) is 29.9 Å². The van der Waals surface area contributed by atoms with Crippen LogP contribution in [0.5, 0.6) is 11.5 Å². The Morgan fingerprint density at radius 1 is 0.759 bits per heavy atom. The number of amides is 4. The first kappa shape index (κ1) is 34.1. The molecule has 54 heavy (non-hydrogen) atoms. The number of aromatic hydroxyl groups is 1. The van der Waals surface area contributed by atoms with Crippen molar-refractivity contribution in [2.45, 2.75) is 32.3 Å². The Bertz CT molecular complexity index is 2170. The number of carbonyl (C=O) groups is 4. The SMILES string of the molecule is C[C@@]12C(=O)N(c3ccccc3)C(=O)[C@@H]1C[C@@H]1C(=CC[C@@H]3C(=O)N(c4ccc(N5CCOCC5)cc4)C(=O)[C@@H]31)[C@@H]2c1ccc(OCc2ccccc2)cc1O. The molecule has 0 aromatic heterocycles. The zero-order chi connectivity index (χ0) is 37.1. The van der Waals surface area contributed by atoms with E-state index in [0.29, 0.717) is 48.9 Å². The number of allylic oxidation sites excluding steroid dienone is 2. The molecular formula is C44H41N3O7. The summed E-state index contributed by atoms with van der Waals surface area (Å²) in [6.45, 7) is 4.95. The second-order valence-electron chi connectivity index (χ2n) is 15.1. The Hall–Kier alpha value is -5.74. The van der Waals surface area contributed by atoms with Gasteiger partial charge in [-0.1, -0.05) is 66.2 Å². The van der Waals surface area contributed by atoms with Crippen molar-refractivity contribution in [2.75, 3.05) is 41.0 Å². The quantitative estimate of drug-likeness (QED) is 0.176. The number of hydrogen-bond donors (Lipinski definition) is 1. The van der Waals surface area contributed by atoms with Crippen molar-refractivity contribution >= 4 is 40.7 Å². The van der Waals surface area contributed by atoms with Gasteiger partial charge in [-0.25, -0.2) is 4.90 Å². The first-order chi connectivity index (χ1) is 26.3. The normalized spacial score (nSPS) is 27.8. The third-order valence-electron chi connectivity index (χ3n) is 12.3. The molecule has 4 aromatic carbocycles. The van der Waals surface area contributed by atoms with Crippen molar-refractivity contribution in [3.63, 3.8) is 0 Å². The molecule has 0 radical (unpaired) electrons. The maximum Gasteiger partial charge on any atom is 0.241 e. The van der Waals surface area contributed by atoms with Gasteiger partial charge in [0.1, 0.15) is 18.1 Å². The van der Waals surface area contributed by atoms with E-state index in [1.807, 2.05) is 73.7 Å². The van der Waals surface area contributed by atoms with Gasteiger partial charge in [-0.15, -0.1) is 0 Å². The molecular weight excluding hydrogens is 682 g/mol. The summed E-state index contributed by atoms with van der Waals surface area (Å²) in [6, 6.07) is 31.2. The van der Waals surface area contributed by atoms with E-state index < -0.39 is 35.0 Å². The molecule has 9 rings (SSSR count). The van der Waals surface area contributed by atoms with Crippen molar-refractivity contribution < 1.29 is 33.8 Å². The highest BCUT2D eigenvalue weighted by Crippen LogP contribution is 2.64. The van der Waals surface area contributed by atoms with Crippen LogP contribution in [0.25, 0.3) is 0 Å². The summed E-state index contributed by atoms with van der Waals surface area (Å²) in [4.78, 5) is 62.7. The average Bonchev–Trinajstić information content (AvgIpc) is 3.57. The Morgan fingerprint density at radius 2 is 1.43 bits per heavy atom. The van der Waals surface area contributed by atoms with Crippen LogP contribution in [0.4, 0.5) is 17.1 Å². The van der Waals surface area contributed by atoms with Crippen molar-refractivity contribution in [1.82, 2.24) is 0 Å². The number of ether oxygens (including phenoxy) is 2. The number of phenolic OH excluding ortho intramolecular Hbond substituents is 1. The zero-order valence-corrected chi connectivity index (χ0v) is 30.0. The van der Waals surface area contributed by atoms with Crippen molar-refractivity contribution in [3.05, 3.63) is 126 Å². The van der Waals surface area contributed by atoms with Gasteiger partial charge < -0.3 is 19.5 Å². The molecule has 6 atom stereocenters. The molecule has 4 fully saturated rings. The smallest absolute Gasteiger partial charge is 0.241 e. The van der Waals surface area contributed by atoms with Crippen LogP contribution in [-0.4, -0.2) is 55.0 Å². The fourth-order valence-electron chi connectivity index (χ4n) is 9.67. The lowest BCUT2D eigenvalue weighted by atomic mass is 9.51. The molecule has 10 nitrogen and oxygen atoms in total. The lowest BCUT2D eigenvalue weighted by molar-refractivity contribution is -0.131. The Kier molecular flexibility index (Phi) is 8.38. The number of carbonyl (C=O) groups excluding carboxylic acids is 4. The summed E-state index contributed by atoms with van der Waals surface area (Å²) in [5.74, 6) is -4.20. The molecule has 0 spiro atoms. The average molecular weight is 724 g/mol. The van der Waals surface area contributed by atoms with Gasteiger partial charge in [-0.05, 0) is 73.7 Å². The van der Waals surface area contributed by atoms with Crippen LogP contribution in [-0.2, 0) is 30.5 Å². The van der Waals surface area contributed by atoms with Gasteiger partial charge in [-0.2, -0.15) is 0 Å². The van der Waals surface area contributed by atoms with Gasteiger partial charge in [-0.3, -0.25) is 24.1 Å². The van der Waals surface area contributed by atoms with Crippen LogP contribution in [0.3, 0.4) is 0 Å². The first-order valence-electron chi connectivity index (χ1n) is 18.7. The fraction of sp³-hybridized carbons (Fsp3) is 0.318. The van der Waals surface area contributed by atoms with E-state index in [2.05, 4.69) is 4.90 Å². The van der Waals surface area contributed by atoms with Gasteiger partial charge in [0.05, 0.1) is 47.8 Å². The summed E-state index contributed by atoms with van der Waals surface area (Å²) >= 11 is 0. The van der Waals surface area contributed by atoms with Crippen LogP contribution in [0.2, 0.25) is 0 Å². The van der Waals surface area contributed by atoms with E-state index in [4.69, 9.17) is 9.47 Å². The minimum absolute atomic E-state index is 0.0663. The fourth-order valence-corrected chi connectivity index (χ4v) is 9.67. The summed E-state index contributed by atoms with van der Waals surface area (Å²) in [6.07, 6.45) is 2.54. The number of phenols is 1. The molecule has 3 aliphatic heterocycles. The van der Waals surface area contributed by atoms with E-state index in [9.17, 15) is 24.3 Å². The lowest BCUT2D eigenvalue weighted by Crippen LogP contribution is -2.48. The van der Waals surface area contributed by atoms with E-state index in [-0.39, 0.29) is 35.8 Å². The molecule has 10 heteroatoms. The molecule has 5 aliphatic rings. The summed E-state index contributed by atoms with van der Waals surface area (Å²) < 4.78 is 11.5. The molecule has 274 valence electrons. The number of anilines is 3. The van der Waals surface area contributed by atoms with Crippen LogP contribution < -0.4 is 19.4 Å². The number of para-hydroxylation sites is 1. The third-order valence-corrected chi connectivity index (χ3v) is 12.3. The van der Waals surface area contributed by atoms with Gasteiger partial charge in [0.2, 0.25) is 23.6 Å². The minimum Gasteiger partial charge on any atom is -0.508 e. The van der Waals surface area contributed by atoms with Crippen LogP contribution in [0.1, 0.15) is 36.8 Å². The molecule has 4 amide bonds. The highest BCUT2D eigenvalue weighted by atomic mass is 16.5. The number of imide groups is 2. The van der Waals surface area contributed by atoms with Crippen LogP contribution in [0.15, 0.2) is 115 Å². The second-order valence-corrected chi connectivity index (χ2v) is 15.1. The summed E-state index contributed by atoms with van der Waals surface area (Å²) in [7, 11) is 0. The number of rotatable bonds is 7. The molecule has 3 saturated heterocycles. The topological polar surface area (TPSA) is 117 Å². The van der Waals surface area contributed by atoms with Crippen molar-refractivity contribution in [2.24, 2.45) is 29.1 Å². The highest BCUT2D eigenvalue weighted by molar-refractivity contribution is 6.25. The monoisotopic (exact) mass is 723 g/mol. The Labute approximate surface area is 313 Å². The Balaban J connectivity index is 1.08. The van der Waals surface area contributed by atoms with Crippen molar-refractivity contribution in [3.8, 4) is 11.5 Å². The highest BCUT2D eigenvalue weighted by Gasteiger charge is 2.68. The molecule has 1 N–H and O–H groups in total. The molecule has 2 aliphatic carbocycles. The molecule has 3 heterocycles. The third kappa shape index (κ3) is 5.34. The predicted molar refractivity (Wildman–Crippen MR) is 202 cm³/mol. The number of hydrogen-bond acceptors (Lipinski definition) is 8. The number of nitrogens with zero attached hydrogens (tertiary/aromatic N) is 3. The summed E-state index contributed by atoms with van der Waals surface area (Å²) in [5.41, 5.74) is 2.98. The van der Waals surface area contributed by atoms with Crippen LogP contribution >= 0.6 is 0 Å². The lowest BCUT2D eigenvalue weighted by Gasteiger charge is -2.49. The van der Waals surface area contributed by atoms with Gasteiger partial charge >= 0.3 is 0 Å². The van der Waals surface area contributed by atoms with Gasteiger partial charge in [0.25, 0.3) is 0 Å². The van der Waals surface area contributed by atoms with Gasteiger partial charge in [0.15, 0.2) is 0 Å². The zero-order valence-electron chi connectivity index (χ0n) is 30.0. The minimum atomic E-state index is -1.27. The maximum atomic E-state index is 14.7. The van der Waals surface area contributed by atoms with E-state index >= 15 is 0 Å². The number of morpholine rings is 1. The van der Waals surface area contributed by atoms with E-state index in [1.165, 1.54) is 9.80 Å². The summed E-state index contributed by atoms with van der Waals surface area (Å²) in [5, 5.41) is 11.7. The standard InChI is InChI=1S/C44H41N3O7/c1-44-36(41(50)47(43(44)52)29-10-6-3-7-11-29)25-35-32(39(44)33-17-16-31(24-37(33)48)54-26-27-8-4-2-5-9-27)18-19-34-38(35)42(51)46(40(34)49)30-14-12-28(13-15-30)45-20-22-53-23-21-45/h2-18,24,34-36,38-39,48H,19-23,25-26H2,1H3/t34-,35+,36-,38-,39+,44+/m0/s1. The largest absolute Gasteiger partial charge is 0.508 e. The molecule has 0 bridgehead atoms. The first-order valence-corrected chi connectivity index (χ1v) is 18.7. The van der Waals surface area contributed by atoms with Gasteiger partial charge in [0, 0.05) is 36.3 Å². The van der Waals surface area contributed by atoms with Crippen LogP contribution in [0, 0.1) is 29.1 Å². The van der Waals surface area contributed by atoms with Crippen molar-refractivity contribution in [1.29, 1.82) is 0 Å². The molecule has 0 unspecified atom stereocenters. The van der Waals surface area contributed by atoms with E-state index in [1.54, 1.807) is 42.5 Å². The number of fused-ring (bicyclic) bond motifs is 4. The number of benzene rings is 4. The predicted octanol–water partition coefficient (Wildman–Crippen LogP) is 6.24. The maximum absolute atomic E-state index is 14.7. The Morgan fingerprint density at radius 3 is 2.13 bits per heavy atom. The molecule has 4 aromatic rings.